The zero-order chi connectivity index (χ0) is 11.3. The van der Waals surface area contributed by atoms with E-state index < -0.39 is 12.2 Å². The molecule has 0 rings (SSSR count). The topological polar surface area (TPSA) is 46.1 Å². The maximum absolute atomic E-state index is 9.53. The van der Waals surface area contributed by atoms with Crippen LogP contribution >= 0.6 is 0 Å². The molecule has 3 heteroatoms. The first-order chi connectivity index (χ1) is 5.88. The van der Waals surface area contributed by atoms with E-state index in [0.29, 0.717) is 0 Å². The minimum atomic E-state index is -0.417. The molecule has 13 heavy (non-hydrogen) atoms. The van der Waals surface area contributed by atoms with Crippen LogP contribution in [0.1, 0.15) is 47.5 Å². The van der Waals surface area contributed by atoms with Gasteiger partial charge in [0.15, 0.2) is 0 Å². The molecule has 0 bridgehead atoms. The van der Waals surface area contributed by atoms with Crippen molar-refractivity contribution in [2.24, 2.45) is 0 Å². The molecular weight excluding hydrogens is 179 g/mol. The maximum atomic E-state index is 9.53. The van der Waals surface area contributed by atoms with Gasteiger partial charge in [0.1, 0.15) is 0 Å². The van der Waals surface area contributed by atoms with E-state index in [-0.39, 0.29) is 0 Å². The Morgan fingerprint density at radius 1 is 1.00 bits per heavy atom. The molecule has 0 spiro atoms. The van der Waals surface area contributed by atoms with Crippen LogP contribution in [0.3, 0.4) is 0 Å². The van der Waals surface area contributed by atoms with Crippen molar-refractivity contribution in [2.45, 2.75) is 65.0 Å². The van der Waals surface area contributed by atoms with Crippen LogP contribution in [0.2, 0.25) is 5.28 Å². The molecule has 0 saturated heterocycles. The molecule has 0 atom stereocenters. The molecule has 78 valence electrons. The molecule has 0 saturated carbocycles. The van der Waals surface area contributed by atoms with Crippen molar-refractivity contribution < 1.29 is 10.2 Å². The minimum absolute atomic E-state index is 0.417. The van der Waals surface area contributed by atoms with Crippen LogP contribution in [0.5, 0.6) is 0 Å². The van der Waals surface area contributed by atoms with Crippen molar-refractivity contribution in [3.8, 4) is 0 Å². The van der Waals surface area contributed by atoms with Gasteiger partial charge >= 0.3 is 41.3 Å². The van der Waals surface area contributed by atoms with Crippen LogP contribution < -0.4 is 10.2 Å². The fourth-order valence-corrected chi connectivity index (χ4v) is 0.612. The summed E-state index contributed by atoms with van der Waals surface area (Å²) < 4.78 is 0. The zero-order valence-corrected chi connectivity index (χ0v) is 10.8. The Morgan fingerprint density at radius 3 is 1.23 bits per heavy atom. The van der Waals surface area contributed by atoms with Crippen LogP contribution in [0.25, 0.3) is 0 Å². The van der Waals surface area contributed by atoms with Gasteiger partial charge in [-0.25, -0.2) is 0 Å². The Kier molecular flexibility index (Phi) is 26.8. The van der Waals surface area contributed by atoms with Crippen molar-refractivity contribution in [1.29, 1.82) is 0 Å². The molecule has 0 radical (unpaired) electrons. The van der Waals surface area contributed by atoms with Gasteiger partial charge in [-0.15, -0.1) is 12.2 Å². The van der Waals surface area contributed by atoms with Gasteiger partial charge in [0, 0.05) is 0 Å². The van der Waals surface area contributed by atoms with Gasteiger partial charge in [0.25, 0.3) is 0 Å². The first kappa shape index (κ1) is 19.1. The molecule has 0 N–H and O–H groups in total. The van der Waals surface area contributed by atoms with Crippen LogP contribution in [-0.2, 0) is 0 Å². The van der Waals surface area contributed by atoms with Crippen molar-refractivity contribution in [1.82, 2.24) is 0 Å². The predicted molar refractivity (Wildman–Crippen MR) is 55.7 cm³/mol. The first-order valence-electron chi connectivity index (χ1n) is 4.90. The van der Waals surface area contributed by atoms with E-state index in [2.05, 4.69) is 23.2 Å². The summed E-state index contributed by atoms with van der Waals surface area (Å²) >= 11 is 2.70. The van der Waals surface area contributed by atoms with E-state index in [9.17, 15) is 10.2 Å². The molecule has 0 unspecified atom stereocenters. The monoisotopic (exact) mass is 202 g/mol. The quantitative estimate of drug-likeness (QED) is 0.624. The summed E-state index contributed by atoms with van der Waals surface area (Å²) in [4.78, 5) is 0. The Hall–Kier alpha value is 0.452. The Bertz CT molecular complexity index is 52.4. The van der Waals surface area contributed by atoms with E-state index in [1.165, 1.54) is 18.1 Å². The summed E-state index contributed by atoms with van der Waals surface area (Å²) in [5.41, 5.74) is 0. The summed E-state index contributed by atoms with van der Waals surface area (Å²) in [6.45, 7) is 8.64. The van der Waals surface area contributed by atoms with Crippen molar-refractivity contribution in [3.63, 3.8) is 0 Å². The Balaban J connectivity index is -0.000000117. The molecule has 0 aromatic carbocycles. The summed E-state index contributed by atoms with van der Waals surface area (Å²) in [5.74, 6) is 0. The van der Waals surface area contributed by atoms with E-state index >= 15 is 0 Å². The number of hydrogen-bond donors (Lipinski definition) is 0. The average molecular weight is 202 g/mol. The second kappa shape index (κ2) is 18.3. The van der Waals surface area contributed by atoms with E-state index in [1.54, 1.807) is 27.7 Å². The molecule has 0 fully saturated rings. The number of unbranched alkanes of at least 4 members (excludes halogenated alkanes) is 1. The van der Waals surface area contributed by atoms with Crippen LogP contribution in [0.4, 0.5) is 0 Å². The van der Waals surface area contributed by atoms with Crippen molar-refractivity contribution in [2.75, 3.05) is 0 Å². The standard InChI is InChI=1S/C4H9.2C3H7O.Al/c1-3-4-2;2*1-3(2)4;/h1,3-4H2,2H3;2*3H,1-2H3;/q;2*-1;+2. The van der Waals surface area contributed by atoms with Gasteiger partial charge in [-0.2, -0.15) is 0 Å². The van der Waals surface area contributed by atoms with Gasteiger partial charge in [0.05, 0.1) is 0 Å². The second-order valence-electron chi connectivity index (χ2n) is 3.24. The van der Waals surface area contributed by atoms with Crippen molar-refractivity contribution in [3.05, 3.63) is 0 Å². The van der Waals surface area contributed by atoms with Crippen LogP contribution in [0, 0.1) is 0 Å². The SMILES string of the molecule is CC(C)[O-].CC(C)[O-].CCC[CH2][Al+2]. The Labute approximate surface area is 91.8 Å². The third-order valence-electron chi connectivity index (χ3n) is 0.558. The zero-order valence-electron chi connectivity index (χ0n) is 9.67. The Morgan fingerprint density at radius 2 is 1.23 bits per heavy atom. The second-order valence-corrected chi connectivity index (χ2v) is 3.82. The van der Waals surface area contributed by atoms with Crippen LogP contribution in [-0.4, -0.2) is 28.5 Å². The first-order valence-corrected chi connectivity index (χ1v) is 5.71. The number of hydrogen-bond acceptors (Lipinski definition) is 2. The van der Waals surface area contributed by atoms with E-state index in [0.717, 1.165) is 0 Å². The summed E-state index contributed by atoms with van der Waals surface area (Å²) in [7, 11) is 0. The fourth-order valence-electron chi connectivity index (χ4n) is 0.204. The van der Waals surface area contributed by atoms with Gasteiger partial charge in [-0.05, 0) is 0 Å². The molecular formula is C10H23AlO2. The normalized spacial score (nSPS) is 8.85. The molecule has 0 aromatic rings. The molecule has 2 nitrogen and oxygen atoms in total. The van der Waals surface area contributed by atoms with Gasteiger partial charge in [-0.3, -0.25) is 0 Å². The molecule has 0 aliphatic heterocycles. The molecule has 0 aliphatic rings. The number of rotatable bonds is 2. The van der Waals surface area contributed by atoms with E-state index in [4.69, 9.17) is 0 Å². The van der Waals surface area contributed by atoms with Gasteiger partial charge < -0.3 is 10.2 Å². The average Bonchev–Trinajstić information content (AvgIpc) is 1.86. The molecule has 0 aromatic heterocycles. The summed E-state index contributed by atoms with van der Waals surface area (Å²) in [6.07, 6.45) is 1.84. The summed E-state index contributed by atoms with van der Waals surface area (Å²) in [6, 6.07) is 0. The van der Waals surface area contributed by atoms with E-state index in [1.807, 2.05) is 0 Å². The molecule has 0 aliphatic carbocycles. The third kappa shape index (κ3) is 226. The van der Waals surface area contributed by atoms with Crippen molar-refractivity contribution >= 4 is 16.3 Å². The third-order valence-corrected chi connectivity index (χ3v) is 0.966. The fraction of sp³-hybridized carbons (Fsp3) is 1.00. The molecule has 0 heterocycles. The van der Waals surface area contributed by atoms with Crippen LogP contribution in [0.15, 0.2) is 0 Å². The molecule has 0 amide bonds. The van der Waals surface area contributed by atoms with Gasteiger partial charge in [-0.1, -0.05) is 27.7 Å². The van der Waals surface area contributed by atoms with Gasteiger partial charge in [0.2, 0.25) is 0 Å². The summed E-state index contributed by atoms with van der Waals surface area (Å²) in [5, 5.41) is 20.3. The predicted octanol–water partition coefficient (Wildman–Crippen LogP) is 0.883.